The zero-order valence-corrected chi connectivity index (χ0v) is 15.0. The van der Waals surface area contributed by atoms with Gasteiger partial charge in [0.1, 0.15) is 5.75 Å². The Balaban J connectivity index is 1.49. The Hall–Kier alpha value is -2.04. The molecule has 0 saturated carbocycles. The molecule has 0 amide bonds. The third-order valence-corrected chi connectivity index (χ3v) is 5.37. The molecule has 2 aromatic carbocycles. The molecule has 1 N–H and O–H groups in total. The number of hydrogen-bond donors (Lipinski definition) is 1. The van der Waals surface area contributed by atoms with Gasteiger partial charge in [-0.05, 0) is 35.7 Å². The van der Waals surface area contributed by atoms with Gasteiger partial charge in [-0.3, -0.25) is 4.90 Å². The highest BCUT2D eigenvalue weighted by Gasteiger charge is 2.25. The van der Waals surface area contributed by atoms with E-state index in [4.69, 9.17) is 4.74 Å². The van der Waals surface area contributed by atoms with Crippen LogP contribution in [-0.2, 0) is 19.5 Å². The van der Waals surface area contributed by atoms with Crippen molar-refractivity contribution in [3.05, 3.63) is 59.2 Å². The molecule has 132 valence electrons. The molecule has 0 atom stereocenters. The van der Waals surface area contributed by atoms with E-state index in [-0.39, 0.29) is 0 Å². The normalized spacial score (nSPS) is 18.0. The number of piperazine rings is 1. The van der Waals surface area contributed by atoms with Crippen LogP contribution >= 0.6 is 0 Å². The van der Waals surface area contributed by atoms with E-state index in [0.717, 1.165) is 58.0 Å². The fourth-order valence-electron chi connectivity index (χ4n) is 4.01. The van der Waals surface area contributed by atoms with Crippen molar-refractivity contribution in [2.24, 2.45) is 0 Å². The Bertz CT molecular complexity index is 709. The van der Waals surface area contributed by atoms with Crippen LogP contribution in [-0.4, -0.2) is 44.7 Å². The highest BCUT2D eigenvalue weighted by atomic mass is 16.5. The highest BCUT2D eigenvalue weighted by molar-refractivity contribution is 5.67. The molecule has 4 nitrogen and oxygen atoms in total. The number of hydrogen-bond acceptors (Lipinski definition) is 4. The SMILES string of the molecule is COc1ccc2c(c1N1CCN(Cc3ccccc3)CC1)CNCC2. The smallest absolute Gasteiger partial charge is 0.142 e. The van der Waals surface area contributed by atoms with Crippen LogP contribution in [0.2, 0.25) is 0 Å². The van der Waals surface area contributed by atoms with Crippen molar-refractivity contribution >= 4 is 5.69 Å². The summed E-state index contributed by atoms with van der Waals surface area (Å²) in [6.07, 6.45) is 1.11. The maximum absolute atomic E-state index is 5.70. The molecule has 0 spiro atoms. The van der Waals surface area contributed by atoms with Crippen LogP contribution in [0, 0.1) is 0 Å². The summed E-state index contributed by atoms with van der Waals surface area (Å²) in [4.78, 5) is 5.07. The minimum absolute atomic E-state index is 0.950. The first-order valence-electron chi connectivity index (χ1n) is 9.26. The zero-order valence-electron chi connectivity index (χ0n) is 15.0. The number of nitrogens with one attached hydrogen (secondary N) is 1. The molecule has 0 aromatic heterocycles. The van der Waals surface area contributed by atoms with Crippen LogP contribution in [0.3, 0.4) is 0 Å². The first-order valence-corrected chi connectivity index (χ1v) is 9.26. The lowest BCUT2D eigenvalue weighted by Gasteiger charge is -2.38. The first-order chi connectivity index (χ1) is 12.3. The lowest BCUT2D eigenvalue weighted by Crippen LogP contribution is -2.46. The van der Waals surface area contributed by atoms with Crippen molar-refractivity contribution in [2.75, 3.05) is 44.7 Å². The van der Waals surface area contributed by atoms with E-state index in [2.05, 4.69) is 57.6 Å². The molecule has 4 heteroatoms. The summed E-state index contributed by atoms with van der Waals surface area (Å²) >= 11 is 0. The van der Waals surface area contributed by atoms with Crippen molar-refractivity contribution in [2.45, 2.75) is 19.5 Å². The Morgan fingerprint density at radius 3 is 2.56 bits per heavy atom. The van der Waals surface area contributed by atoms with Crippen LogP contribution in [0.1, 0.15) is 16.7 Å². The average molecular weight is 337 g/mol. The van der Waals surface area contributed by atoms with Crippen LogP contribution in [0.15, 0.2) is 42.5 Å². The van der Waals surface area contributed by atoms with Crippen molar-refractivity contribution in [1.82, 2.24) is 10.2 Å². The predicted octanol–water partition coefficient (Wildman–Crippen LogP) is 2.66. The van der Waals surface area contributed by atoms with Gasteiger partial charge in [-0.1, -0.05) is 36.4 Å². The molecule has 2 aliphatic heterocycles. The van der Waals surface area contributed by atoms with E-state index >= 15 is 0 Å². The molecule has 2 aliphatic rings. The van der Waals surface area contributed by atoms with E-state index in [9.17, 15) is 0 Å². The van der Waals surface area contributed by atoms with E-state index in [1.807, 2.05) is 0 Å². The molecule has 2 heterocycles. The summed E-state index contributed by atoms with van der Waals surface area (Å²) in [6, 6.07) is 15.2. The van der Waals surface area contributed by atoms with E-state index < -0.39 is 0 Å². The van der Waals surface area contributed by atoms with E-state index in [1.165, 1.54) is 22.4 Å². The molecule has 0 bridgehead atoms. The molecule has 4 rings (SSSR count). The van der Waals surface area contributed by atoms with Gasteiger partial charge < -0.3 is 15.0 Å². The number of rotatable bonds is 4. The maximum Gasteiger partial charge on any atom is 0.142 e. The van der Waals surface area contributed by atoms with Crippen LogP contribution in [0.4, 0.5) is 5.69 Å². The third-order valence-electron chi connectivity index (χ3n) is 5.37. The number of anilines is 1. The van der Waals surface area contributed by atoms with Gasteiger partial charge in [-0.15, -0.1) is 0 Å². The average Bonchev–Trinajstić information content (AvgIpc) is 2.68. The molecule has 1 saturated heterocycles. The minimum atomic E-state index is 0.950. The second kappa shape index (κ2) is 7.46. The Morgan fingerprint density at radius 1 is 1.00 bits per heavy atom. The van der Waals surface area contributed by atoms with Crippen LogP contribution in [0.5, 0.6) is 5.75 Å². The van der Waals surface area contributed by atoms with E-state index in [1.54, 1.807) is 7.11 Å². The van der Waals surface area contributed by atoms with Gasteiger partial charge in [0.25, 0.3) is 0 Å². The molecular weight excluding hydrogens is 310 g/mol. The van der Waals surface area contributed by atoms with Gasteiger partial charge >= 0.3 is 0 Å². The lowest BCUT2D eigenvalue weighted by molar-refractivity contribution is 0.249. The monoisotopic (exact) mass is 337 g/mol. The first kappa shape index (κ1) is 16.4. The number of nitrogens with zero attached hydrogens (tertiary/aromatic N) is 2. The lowest BCUT2D eigenvalue weighted by atomic mass is 9.97. The largest absolute Gasteiger partial charge is 0.495 e. The van der Waals surface area contributed by atoms with E-state index in [0.29, 0.717) is 0 Å². The van der Waals surface area contributed by atoms with Gasteiger partial charge in [-0.25, -0.2) is 0 Å². The fourth-order valence-corrected chi connectivity index (χ4v) is 4.01. The fraction of sp³-hybridized carbons (Fsp3) is 0.429. The summed E-state index contributed by atoms with van der Waals surface area (Å²) < 4.78 is 5.70. The van der Waals surface area contributed by atoms with Gasteiger partial charge in [0.2, 0.25) is 0 Å². The molecular formula is C21H27N3O. The topological polar surface area (TPSA) is 27.7 Å². The maximum atomic E-state index is 5.70. The van der Waals surface area contributed by atoms with Gasteiger partial charge in [-0.2, -0.15) is 0 Å². The van der Waals surface area contributed by atoms with Gasteiger partial charge in [0.15, 0.2) is 0 Å². The van der Waals surface area contributed by atoms with Crippen LogP contribution in [0.25, 0.3) is 0 Å². The number of ether oxygens (including phenoxy) is 1. The zero-order chi connectivity index (χ0) is 17.1. The summed E-state index contributed by atoms with van der Waals surface area (Å²) in [6.45, 7) is 7.36. The minimum Gasteiger partial charge on any atom is -0.495 e. The Labute approximate surface area is 150 Å². The summed E-state index contributed by atoms with van der Waals surface area (Å²) in [7, 11) is 1.78. The summed E-state index contributed by atoms with van der Waals surface area (Å²) in [5, 5.41) is 3.52. The standard InChI is InChI=1S/C21H27N3O/c1-25-20-8-7-18-9-10-22-15-19(18)21(20)24-13-11-23(12-14-24)16-17-5-3-2-4-6-17/h2-8,22H,9-16H2,1H3. The summed E-state index contributed by atoms with van der Waals surface area (Å²) in [5.41, 5.74) is 5.62. The third kappa shape index (κ3) is 3.51. The number of benzene rings is 2. The second-order valence-electron chi connectivity index (χ2n) is 6.93. The molecule has 0 aliphatic carbocycles. The van der Waals surface area contributed by atoms with Crippen molar-refractivity contribution in [3.63, 3.8) is 0 Å². The quantitative estimate of drug-likeness (QED) is 0.928. The second-order valence-corrected chi connectivity index (χ2v) is 6.93. The van der Waals surface area contributed by atoms with Crippen molar-refractivity contribution in [1.29, 1.82) is 0 Å². The van der Waals surface area contributed by atoms with Crippen molar-refractivity contribution in [3.8, 4) is 5.75 Å². The van der Waals surface area contributed by atoms with Gasteiger partial charge in [0, 0.05) is 39.3 Å². The van der Waals surface area contributed by atoms with Crippen molar-refractivity contribution < 1.29 is 4.74 Å². The predicted molar refractivity (Wildman–Crippen MR) is 102 cm³/mol. The van der Waals surface area contributed by atoms with Gasteiger partial charge in [0.05, 0.1) is 12.8 Å². The number of fused-ring (bicyclic) bond motifs is 1. The summed E-state index contributed by atoms with van der Waals surface area (Å²) in [5.74, 6) is 1.01. The molecule has 0 unspecified atom stereocenters. The number of methoxy groups -OCH3 is 1. The van der Waals surface area contributed by atoms with Crippen LogP contribution < -0.4 is 15.0 Å². The Morgan fingerprint density at radius 2 is 1.80 bits per heavy atom. The molecule has 0 radical (unpaired) electrons. The molecule has 2 aromatic rings. The highest BCUT2D eigenvalue weighted by Crippen LogP contribution is 2.36. The molecule has 25 heavy (non-hydrogen) atoms. The molecule has 1 fully saturated rings. The Kier molecular flexibility index (Phi) is 4.90.